The number of esters is 3. The highest BCUT2D eigenvalue weighted by Crippen LogP contribution is 2.14. The van der Waals surface area contributed by atoms with Gasteiger partial charge in [-0.2, -0.15) is 0 Å². The van der Waals surface area contributed by atoms with Crippen LogP contribution in [0.3, 0.4) is 0 Å². The molecule has 0 spiro atoms. The molecule has 374 valence electrons. The van der Waals surface area contributed by atoms with Crippen LogP contribution in [0, 0.1) is 0 Å². The fraction of sp³-hybridized carbons (Fsp3) is 0.746. The maximum atomic E-state index is 12.8. The van der Waals surface area contributed by atoms with E-state index in [2.05, 4.69) is 93.7 Å². The van der Waals surface area contributed by atoms with Gasteiger partial charge in [0.1, 0.15) is 13.2 Å². The van der Waals surface area contributed by atoms with Crippen LogP contribution in [-0.4, -0.2) is 37.2 Å². The number of hydrogen-bond acceptors (Lipinski definition) is 6. The molecule has 0 rings (SSSR count). The number of carbonyl (C=O) groups is 3. The van der Waals surface area contributed by atoms with Crippen molar-refractivity contribution < 1.29 is 28.6 Å². The highest BCUT2D eigenvalue weighted by molar-refractivity contribution is 5.71. The van der Waals surface area contributed by atoms with Crippen LogP contribution < -0.4 is 0 Å². The fourth-order valence-electron chi connectivity index (χ4n) is 7.47. The predicted octanol–water partition coefficient (Wildman–Crippen LogP) is 18.2. The second-order valence-electron chi connectivity index (χ2n) is 18.1. The van der Waals surface area contributed by atoms with Gasteiger partial charge in [-0.25, -0.2) is 0 Å². The summed E-state index contributed by atoms with van der Waals surface area (Å²) >= 11 is 0. The van der Waals surface area contributed by atoms with E-state index >= 15 is 0 Å². The highest BCUT2D eigenvalue weighted by Gasteiger charge is 2.19. The number of ether oxygens (including phenoxy) is 3. The van der Waals surface area contributed by atoms with Crippen LogP contribution >= 0.6 is 0 Å². The Morgan fingerprint density at radius 2 is 0.585 bits per heavy atom. The summed E-state index contributed by atoms with van der Waals surface area (Å²) in [6, 6.07) is 0. The summed E-state index contributed by atoms with van der Waals surface area (Å²) in [6.45, 7) is 6.52. The summed E-state index contributed by atoms with van der Waals surface area (Å²) in [5, 5.41) is 0. The molecule has 0 heterocycles. The average Bonchev–Trinajstić information content (AvgIpc) is 3.30. The van der Waals surface area contributed by atoms with E-state index < -0.39 is 6.10 Å². The lowest BCUT2D eigenvalue weighted by molar-refractivity contribution is -0.167. The molecule has 1 atom stereocenters. The van der Waals surface area contributed by atoms with E-state index in [1.165, 1.54) is 141 Å². The maximum Gasteiger partial charge on any atom is 0.306 e. The lowest BCUT2D eigenvalue weighted by Crippen LogP contribution is -2.30. The van der Waals surface area contributed by atoms with E-state index in [4.69, 9.17) is 14.2 Å². The average molecular weight is 907 g/mol. The summed E-state index contributed by atoms with van der Waals surface area (Å²) < 4.78 is 16.8. The van der Waals surface area contributed by atoms with Gasteiger partial charge >= 0.3 is 17.9 Å². The third-order valence-corrected chi connectivity index (χ3v) is 11.7. The van der Waals surface area contributed by atoms with Gasteiger partial charge in [0, 0.05) is 19.3 Å². The van der Waals surface area contributed by atoms with Crippen molar-refractivity contribution in [3.8, 4) is 0 Å². The summed E-state index contributed by atoms with van der Waals surface area (Å²) in [4.78, 5) is 38.0. The van der Waals surface area contributed by atoms with Crippen molar-refractivity contribution in [2.24, 2.45) is 0 Å². The Morgan fingerprint density at radius 1 is 0.308 bits per heavy atom. The molecule has 0 aromatic rings. The lowest BCUT2D eigenvalue weighted by atomic mass is 10.1. The number of hydrogen-bond donors (Lipinski definition) is 0. The first-order chi connectivity index (χ1) is 32.0. The third-order valence-electron chi connectivity index (χ3n) is 11.7. The predicted molar refractivity (Wildman–Crippen MR) is 279 cm³/mol. The molecule has 0 saturated carbocycles. The molecule has 0 aliphatic rings. The Hall–Kier alpha value is -3.15. The van der Waals surface area contributed by atoms with E-state index in [0.29, 0.717) is 19.3 Å². The highest BCUT2D eigenvalue weighted by atomic mass is 16.6. The minimum atomic E-state index is -0.800. The molecule has 65 heavy (non-hydrogen) atoms. The molecule has 0 radical (unpaired) electrons. The van der Waals surface area contributed by atoms with Gasteiger partial charge in [0.25, 0.3) is 0 Å². The zero-order valence-corrected chi connectivity index (χ0v) is 42.7. The van der Waals surface area contributed by atoms with Gasteiger partial charge in [-0.1, -0.05) is 216 Å². The van der Waals surface area contributed by atoms with Gasteiger partial charge in [-0.3, -0.25) is 14.4 Å². The summed E-state index contributed by atoms with van der Waals surface area (Å²) in [5.74, 6) is -0.961. The van der Waals surface area contributed by atoms with Gasteiger partial charge in [0.05, 0.1) is 0 Å². The molecule has 0 aromatic carbocycles. The van der Waals surface area contributed by atoms with Crippen molar-refractivity contribution in [3.05, 3.63) is 72.9 Å². The lowest BCUT2D eigenvalue weighted by Gasteiger charge is -2.18. The molecule has 0 N–H and O–H groups in total. The standard InChI is InChI=1S/C59H102O6/c1-4-7-10-13-16-19-22-24-26-28-29-31-33-35-38-41-44-47-50-53-59(62)65-56(54-63-57(60)51-48-45-42-39-36-21-18-15-12-9-6-3)55-64-58(61)52-49-46-43-40-37-34-32-30-27-25-23-20-17-14-11-8-5-2/h15-16,18-19,24-27,32,34,40,43,56H,4-14,17,20-23,28-31,33,35-39,41-42,44-55H2,1-3H3/b18-15-,19-16-,26-24-,27-25-,34-32-,43-40-/t56-/m0/s1. The molecule has 0 aliphatic heterocycles. The molecule has 0 unspecified atom stereocenters. The topological polar surface area (TPSA) is 78.9 Å². The van der Waals surface area contributed by atoms with Gasteiger partial charge in [0.2, 0.25) is 0 Å². The Morgan fingerprint density at radius 3 is 1.02 bits per heavy atom. The third kappa shape index (κ3) is 51.7. The van der Waals surface area contributed by atoms with E-state index in [-0.39, 0.29) is 37.5 Å². The van der Waals surface area contributed by atoms with Crippen molar-refractivity contribution >= 4 is 17.9 Å². The Bertz CT molecular complexity index is 1230. The Labute approximate surface area is 402 Å². The van der Waals surface area contributed by atoms with Gasteiger partial charge in [0.15, 0.2) is 6.10 Å². The van der Waals surface area contributed by atoms with E-state index in [1.54, 1.807) is 0 Å². The molecule has 6 heteroatoms. The molecule has 0 amide bonds. The van der Waals surface area contributed by atoms with Gasteiger partial charge in [-0.05, 0) is 103 Å². The van der Waals surface area contributed by atoms with Crippen molar-refractivity contribution in [3.63, 3.8) is 0 Å². The zero-order chi connectivity index (χ0) is 47.2. The molecular weight excluding hydrogens is 805 g/mol. The smallest absolute Gasteiger partial charge is 0.306 e. The Balaban J connectivity index is 4.43. The molecular formula is C59H102O6. The van der Waals surface area contributed by atoms with E-state index in [1.807, 2.05) is 0 Å². The molecule has 0 aromatic heterocycles. The number of rotatable bonds is 49. The molecule has 0 saturated heterocycles. The molecule has 0 bridgehead atoms. The largest absolute Gasteiger partial charge is 0.462 e. The van der Waals surface area contributed by atoms with Crippen molar-refractivity contribution in [1.82, 2.24) is 0 Å². The zero-order valence-electron chi connectivity index (χ0n) is 42.7. The summed E-state index contributed by atoms with van der Waals surface area (Å²) in [7, 11) is 0. The molecule has 0 fully saturated rings. The van der Waals surface area contributed by atoms with Gasteiger partial charge in [-0.15, -0.1) is 0 Å². The summed E-state index contributed by atoms with van der Waals surface area (Å²) in [5.41, 5.74) is 0. The SMILES string of the molecule is CCCC/C=C\CCCCCCCC(=O)OC[C@@H](COC(=O)CCC/C=C\C/C=C\C/C=C\CCCCCCCC)OC(=O)CCCCCCCCCCC/C=C\C/C=C\CCCCC. The fourth-order valence-corrected chi connectivity index (χ4v) is 7.47. The maximum absolute atomic E-state index is 12.8. The van der Waals surface area contributed by atoms with Crippen LogP contribution in [-0.2, 0) is 28.6 Å². The first-order valence-electron chi connectivity index (χ1n) is 27.4. The first-order valence-corrected chi connectivity index (χ1v) is 27.4. The minimum absolute atomic E-state index is 0.0970. The second kappa shape index (κ2) is 53.5. The van der Waals surface area contributed by atoms with Crippen LogP contribution in [0.15, 0.2) is 72.9 Å². The van der Waals surface area contributed by atoms with Crippen LogP contribution in [0.5, 0.6) is 0 Å². The monoisotopic (exact) mass is 907 g/mol. The quantitative estimate of drug-likeness (QED) is 0.0262. The van der Waals surface area contributed by atoms with Crippen molar-refractivity contribution in [2.75, 3.05) is 13.2 Å². The Kier molecular flexibility index (Phi) is 50.9. The van der Waals surface area contributed by atoms with Crippen LogP contribution in [0.2, 0.25) is 0 Å². The number of carbonyl (C=O) groups excluding carboxylic acids is 3. The number of unbranched alkanes of at least 4 members (excludes halogenated alkanes) is 26. The molecule has 0 aliphatic carbocycles. The van der Waals surface area contributed by atoms with Crippen molar-refractivity contribution in [2.45, 2.75) is 271 Å². The number of allylic oxidation sites excluding steroid dienone is 12. The normalized spacial score (nSPS) is 12.6. The second-order valence-corrected chi connectivity index (χ2v) is 18.1. The van der Waals surface area contributed by atoms with Crippen LogP contribution in [0.1, 0.15) is 265 Å². The van der Waals surface area contributed by atoms with Crippen LogP contribution in [0.25, 0.3) is 0 Å². The van der Waals surface area contributed by atoms with Crippen LogP contribution in [0.4, 0.5) is 0 Å². The van der Waals surface area contributed by atoms with Gasteiger partial charge < -0.3 is 14.2 Å². The van der Waals surface area contributed by atoms with E-state index in [0.717, 1.165) is 77.0 Å². The van der Waals surface area contributed by atoms with Crippen molar-refractivity contribution in [1.29, 1.82) is 0 Å². The van der Waals surface area contributed by atoms with E-state index in [9.17, 15) is 14.4 Å². The first kappa shape index (κ1) is 61.9. The molecule has 6 nitrogen and oxygen atoms in total. The summed E-state index contributed by atoms with van der Waals surface area (Å²) in [6.07, 6.45) is 67.5. The minimum Gasteiger partial charge on any atom is -0.462 e.